The zero-order valence-corrected chi connectivity index (χ0v) is 12.9. The molecule has 0 saturated heterocycles. The Morgan fingerprint density at radius 2 is 2.09 bits per heavy atom. The highest BCUT2D eigenvalue weighted by molar-refractivity contribution is 5.94. The zero-order valence-electron chi connectivity index (χ0n) is 12.9. The molecule has 1 heterocycles. The molecule has 0 spiro atoms. The molecule has 0 unspecified atom stereocenters. The van der Waals surface area contributed by atoms with E-state index in [1.54, 1.807) is 24.4 Å². The van der Waals surface area contributed by atoms with Crippen molar-refractivity contribution < 1.29 is 9.90 Å². The largest absolute Gasteiger partial charge is 0.507 e. The first kappa shape index (κ1) is 15.7. The van der Waals surface area contributed by atoms with E-state index in [4.69, 9.17) is 0 Å². The van der Waals surface area contributed by atoms with E-state index < -0.39 is 0 Å². The molecule has 114 valence electrons. The van der Waals surface area contributed by atoms with Crippen molar-refractivity contribution in [1.82, 2.24) is 10.4 Å². The Bertz CT molecular complexity index is 689. The van der Waals surface area contributed by atoms with Gasteiger partial charge in [-0.3, -0.25) is 9.78 Å². The van der Waals surface area contributed by atoms with Crippen molar-refractivity contribution in [2.75, 3.05) is 0 Å². The Hall–Kier alpha value is -2.69. The first-order valence-electron chi connectivity index (χ1n) is 6.95. The maximum Gasteiger partial charge on any atom is 0.272 e. The molecule has 0 aliphatic rings. The van der Waals surface area contributed by atoms with Gasteiger partial charge in [0.25, 0.3) is 5.91 Å². The molecular weight excluding hydrogens is 278 g/mol. The zero-order chi connectivity index (χ0) is 16.2. The molecule has 22 heavy (non-hydrogen) atoms. The molecule has 2 N–H and O–H groups in total. The van der Waals surface area contributed by atoms with E-state index in [0.717, 1.165) is 5.56 Å². The van der Waals surface area contributed by atoms with Gasteiger partial charge in [-0.1, -0.05) is 26.8 Å². The molecule has 0 fully saturated rings. The highest BCUT2D eigenvalue weighted by Crippen LogP contribution is 2.26. The molecule has 0 atom stereocenters. The lowest BCUT2D eigenvalue weighted by Gasteiger charge is -2.19. The van der Waals surface area contributed by atoms with Gasteiger partial charge in [-0.25, -0.2) is 5.43 Å². The smallest absolute Gasteiger partial charge is 0.272 e. The van der Waals surface area contributed by atoms with Crippen LogP contribution < -0.4 is 5.43 Å². The summed E-state index contributed by atoms with van der Waals surface area (Å²) in [5.74, 6) is -0.233. The predicted molar refractivity (Wildman–Crippen MR) is 86.1 cm³/mol. The number of nitrogens with zero attached hydrogens (tertiary/aromatic N) is 2. The molecule has 5 nitrogen and oxygen atoms in total. The van der Waals surface area contributed by atoms with Crippen LogP contribution in [0.25, 0.3) is 0 Å². The van der Waals surface area contributed by atoms with Crippen molar-refractivity contribution >= 4 is 12.1 Å². The van der Waals surface area contributed by atoms with Crippen LogP contribution in [-0.2, 0) is 5.41 Å². The molecule has 2 aromatic rings. The van der Waals surface area contributed by atoms with Crippen LogP contribution in [0.5, 0.6) is 5.75 Å². The third-order valence-corrected chi connectivity index (χ3v) is 3.19. The SMILES string of the molecule is CC(C)(C)c1ccc(O)c(/C=N/NC(=O)c2cccnc2)c1. The van der Waals surface area contributed by atoms with Crippen molar-refractivity contribution in [3.63, 3.8) is 0 Å². The third-order valence-electron chi connectivity index (χ3n) is 3.19. The lowest BCUT2D eigenvalue weighted by molar-refractivity contribution is 0.0954. The number of pyridine rings is 1. The van der Waals surface area contributed by atoms with E-state index >= 15 is 0 Å². The summed E-state index contributed by atoms with van der Waals surface area (Å²) in [7, 11) is 0. The van der Waals surface area contributed by atoms with Crippen molar-refractivity contribution in [3.05, 3.63) is 59.4 Å². The number of nitrogens with one attached hydrogen (secondary N) is 1. The molecule has 0 bridgehead atoms. The molecular formula is C17H19N3O2. The number of hydrogen-bond donors (Lipinski definition) is 2. The van der Waals surface area contributed by atoms with Crippen LogP contribution in [0.1, 0.15) is 42.3 Å². The van der Waals surface area contributed by atoms with E-state index in [1.807, 2.05) is 12.1 Å². The molecule has 0 aliphatic heterocycles. The summed E-state index contributed by atoms with van der Waals surface area (Å²) in [6.45, 7) is 6.26. The molecule has 1 aromatic carbocycles. The molecule has 5 heteroatoms. The van der Waals surface area contributed by atoms with Crippen molar-refractivity contribution in [3.8, 4) is 5.75 Å². The standard InChI is InChI=1S/C17H19N3O2/c1-17(2,3)14-6-7-15(21)13(9-14)11-19-20-16(22)12-5-4-8-18-10-12/h4-11,21H,1-3H3,(H,20,22)/b19-11+. The molecule has 2 rings (SSSR count). The van der Waals surface area contributed by atoms with Gasteiger partial charge in [0.15, 0.2) is 0 Å². The maximum absolute atomic E-state index is 11.8. The van der Waals surface area contributed by atoms with Gasteiger partial charge in [0, 0.05) is 18.0 Å². The van der Waals surface area contributed by atoms with Crippen LogP contribution in [-0.4, -0.2) is 22.2 Å². The predicted octanol–water partition coefficient (Wildman–Crippen LogP) is 2.85. The number of phenols is 1. The van der Waals surface area contributed by atoms with Gasteiger partial charge < -0.3 is 5.11 Å². The number of carbonyl (C=O) groups is 1. The number of hydrazone groups is 1. The van der Waals surface area contributed by atoms with Crippen LogP contribution in [0, 0.1) is 0 Å². The Morgan fingerprint density at radius 1 is 1.32 bits per heavy atom. The van der Waals surface area contributed by atoms with Crippen LogP contribution in [0.3, 0.4) is 0 Å². The summed E-state index contributed by atoms with van der Waals surface area (Å²) in [6, 6.07) is 8.69. The van der Waals surface area contributed by atoms with Gasteiger partial charge in [0.1, 0.15) is 5.75 Å². The molecule has 0 saturated carbocycles. The van der Waals surface area contributed by atoms with Crippen LogP contribution in [0.2, 0.25) is 0 Å². The second-order valence-electron chi connectivity index (χ2n) is 5.96. The van der Waals surface area contributed by atoms with Gasteiger partial charge in [-0.15, -0.1) is 0 Å². The minimum absolute atomic E-state index is 0.0325. The quantitative estimate of drug-likeness (QED) is 0.675. The fourth-order valence-electron chi connectivity index (χ4n) is 1.85. The van der Waals surface area contributed by atoms with Crippen molar-refractivity contribution in [2.45, 2.75) is 26.2 Å². The summed E-state index contributed by atoms with van der Waals surface area (Å²) in [4.78, 5) is 15.7. The average molecular weight is 297 g/mol. The number of aromatic hydroxyl groups is 1. The number of phenolic OH excluding ortho intramolecular Hbond substituents is 1. The van der Waals surface area contributed by atoms with Crippen LogP contribution >= 0.6 is 0 Å². The van der Waals surface area contributed by atoms with Crippen LogP contribution in [0.15, 0.2) is 47.8 Å². The number of aromatic nitrogens is 1. The van der Waals surface area contributed by atoms with Gasteiger partial charge in [0.05, 0.1) is 11.8 Å². The Morgan fingerprint density at radius 3 is 2.73 bits per heavy atom. The van der Waals surface area contributed by atoms with Gasteiger partial charge in [-0.05, 0) is 35.2 Å². The molecule has 1 aromatic heterocycles. The second kappa shape index (κ2) is 6.39. The van der Waals surface area contributed by atoms with E-state index in [2.05, 4.69) is 36.3 Å². The molecule has 1 amide bonds. The minimum atomic E-state index is -0.351. The number of carbonyl (C=O) groups excluding carboxylic acids is 1. The summed E-state index contributed by atoms with van der Waals surface area (Å²) in [5, 5.41) is 13.8. The van der Waals surface area contributed by atoms with E-state index in [-0.39, 0.29) is 17.1 Å². The van der Waals surface area contributed by atoms with Crippen molar-refractivity contribution in [2.24, 2.45) is 5.10 Å². The molecule has 0 aliphatic carbocycles. The van der Waals surface area contributed by atoms with Crippen molar-refractivity contribution in [1.29, 1.82) is 0 Å². The van der Waals surface area contributed by atoms with Gasteiger partial charge >= 0.3 is 0 Å². The number of benzene rings is 1. The summed E-state index contributed by atoms with van der Waals surface area (Å²) >= 11 is 0. The summed E-state index contributed by atoms with van der Waals surface area (Å²) < 4.78 is 0. The Labute approximate surface area is 129 Å². The van der Waals surface area contributed by atoms with Gasteiger partial charge in [-0.2, -0.15) is 5.10 Å². The summed E-state index contributed by atoms with van der Waals surface area (Å²) in [6.07, 6.45) is 4.48. The Balaban J connectivity index is 2.12. The first-order valence-corrected chi connectivity index (χ1v) is 6.95. The minimum Gasteiger partial charge on any atom is -0.507 e. The summed E-state index contributed by atoms with van der Waals surface area (Å²) in [5.41, 5.74) is 4.43. The fraction of sp³-hybridized carbons (Fsp3) is 0.235. The topological polar surface area (TPSA) is 74.6 Å². The number of rotatable bonds is 3. The average Bonchev–Trinajstić information content (AvgIpc) is 2.48. The Kier molecular flexibility index (Phi) is 4.56. The van der Waals surface area contributed by atoms with Crippen LogP contribution in [0.4, 0.5) is 0 Å². The molecule has 0 radical (unpaired) electrons. The monoisotopic (exact) mass is 297 g/mol. The maximum atomic E-state index is 11.8. The van der Waals surface area contributed by atoms with Gasteiger partial charge in [0.2, 0.25) is 0 Å². The lowest BCUT2D eigenvalue weighted by atomic mass is 9.86. The fourth-order valence-corrected chi connectivity index (χ4v) is 1.85. The lowest BCUT2D eigenvalue weighted by Crippen LogP contribution is -2.17. The number of hydrogen-bond acceptors (Lipinski definition) is 4. The second-order valence-corrected chi connectivity index (χ2v) is 5.96. The normalized spacial score (nSPS) is 11.6. The highest BCUT2D eigenvalue weighted by Gasteiger charge is 2.14. The van der Waals surface area contributed by atoms with E-state index in [1.165, 1.54) is 12.4 Å². The van der Waals surface area contributed by atoms with E-state index in [9.17, 15) is 9.90 Å². The number of amides is 1. The third kappa shape index (κ3) is 3.91. The van der Waals surface area contributed by atoms with E-state index in [0.29, 0.717) is 11.1 Å². The highest BCUT2D eigenvalue weighted by atomic mass is 16.3. The first-order chi connectivity index (χ1) is 10.4.